The predicted molar refractivity (Wildman–Crippen MR) is 94.3 cm³/mol. The molecule has 0 atom stereocenters. The van der Waals surface area contributed by atoms with E-state index in [0.717, 1.165) is 36.0 Å². The molecule has 4 nitrogen and oxygen atoms in total. The lowest BCUT2D eigenvalue weighted by Crippen LogP contribution is -2.41. The Labute approximate surface area is 144 Å². The summed E-state index contributed by atoms with van der Waals surface area (Å²) in [6.07, 6.45) is 4.77. The molecule has 0 radical (unpaired) electrons. The third-order valence-electron chi connectivity index (χ3n) is 6.25. The highest BCUT2D eigenvalue weighted by Crippen LogP contribution is 2.37. The fourth-order valence-electron chi connectivity index (χ4n) is 4.00. The van der Waals surface area contributed by atoms with E-state index in [4.69, 9.17) is 9.31 Å². The average molecular weight is 327 g/mol. The number of hydrogen-bond acceptors (Lipinski definition) is 3. The highest BCUT2D eigenvalue weighted by Gasteiger charge is 2.52. The van der Waals surface area contributed by atoms with E-state index in [0.29, 0.717) is 6.04 Å². The molecule has 0 bridgehead atoms. The quantitative estimate of drug-likeness (QED) is 0.784. The maximum atomic E-state index is 12.7. The summed E-state index contributed by atoms with van der Waals surface area (Å²) in [5.41, 5.74) is 2.28. The van der Waals surface area contributed by atoms with Crippen LogP contribution in [0, 0.1) is 0 Å². The van der Waals surface area contributed by atoms with Gasteiger partial charge >= 0.3 is 7.12 Å². The lowest BCUT2D eigenvalue weighted by atomic mass is 9.78. The zero-order chi connectivity index (χ0) is 17.1. The Morgan fingerprint density at radius 3 is 2.33 bits per heavy atom. The number of carbonyl (C=O) groups excluding carboxylic acids is 1. The van der Waals surface area contributed by atoms with Gasteiger partial charge in [0.2, 0.25) is 0 Å². The van der Waals surface area contributed by atoms with Crippen LogP contribution in [-0.2, 0) is 15.9 Å². The van der Waals surface area contributed by atoms with E-state index in [2.05, 4.69) is 38.7 Å². The summed E-state index contributed by atoms with van der Waals surface area (Å²) in [5, 5.41) is 0. The van der Waals surface area contributed by atoms with E-state index >= 15 is 0 Å². The van der Waals surface area contributed by atoms with Crippen molar-refractivity contribution in [1.82, 2.24) is 4.90 Å². The Kier molecular flexibility index (Phi) is 3.59. The lowest BCUT2D eigenvalue weighted by molar-refractivity contribution is 0.00578. The van der Waals surface area contributed by atoms with Crippen molar-refractivity contribution in [3.8, 4) is 0 Å². The van der Waals surface area contributed by atoms with Gasteiger partial charge < -0.3 is 14.2 Å². The number of amides is 1. The standard InChI is InChI=1S/C19H26BNO3/c1-18(2)19(3,4)24-20(23-18)14-9-10-16-13(11-14)12-21(17(16)22)15-7-5-6-8-15/h9-11,15H,5-8,12H2,1-4H3. The maximum Gasteiger partial charge on any atom is 0.494 e. The second-order valence-electron chi connectivity index (χ2n) is 8.38. The van der Waals surface area contributed by atoms with Crippen molar-refractivity contribution in [2.24, 2.45) is 0 Å². The van der Waals surface area contributed by atoms with Crippen molar-refractivity contribution in [3.05, 3.63) is 29.3 Å². The third kappa shape index (κ3) is 2.41. The Morgan fingerprint density at radius 2 is 1.71 bits per heavy atom. The second-order valence-corrected chi connectivity index (χ2v) is 8.38. The largest absolute Gasteiger partial charge is 0.494 e. The number of nitrogens with zero attached hydrogens (tertiary/aromatic N) is 1. The van der Waals surface area contributed by atoms with Crippen molar-refractivity contribution in [2.45, 2.75) is 77.2 Å². The Morgan fingerprint density at radius 1 is 1.08 bits per heavy atom. The molecule has 1 amide bonds. The summed E-state index contributed by atoms with van der Waals surface area (Å²) in [5.74, 6) is 0.192. The molecule has 1 aliphatic carbocycles. The molecule has 0 spiro atoms. The molecule has 24 heavy (non-hydrogen) atoms. The van der Waals surface area contributed by atoms with Crippen LogP contribution in [0.15, 0.2) is 18.2 Å². The molecule has 0 N–H and O–H groups in total. The highest BCUT2D eigenvalue weighted by atomic mass is 16.7. The Hall–Kier alpha value is -1.33. The Bertz CT molecular complexity index is 663. The second kappa shape index (κ2) is 5.33. The fourth-order valence-corrected chi connectivity index (χ4v) is 4.00. The van der Waals surface area contributed by atoms with Crippen molar-refractivity contribution in [1.29, 1.82) is 0 Å². The van der Waals surface area contributed by atoms with Gasteiger partial charge in [0.1, 0.15) is 0 Å². The fraction of sp³-hybridized carbons (Fsp3) is 0.632. The molecule has 2 heterocycles. The van der Waals surface area contributed by atoms with Gasteiger partial charge in [-0.15, -0.1) is 0 Å². The van der Waals surface area contributed by atoms with Crippen LogP contribution < -0.4 is 5.46 Å². The van der Waals surface area contributed by atoms with Gasteiger partial charge in [0.15, 0.2) is 0 Å². The summed E-state index contributed by atoms with van der Waals surface area (Å²) >= 11 is 0. The van der Waals surface area contributed by atoms with Crippen molar-refractivity contribution in [3.63, 3.8) is 0 Å². The summed E-state index contributed by atoms with van der Waals surface area (Å²) in [6.45, 7) is 8.97. The monoisotopic (exact) mass is 327 g/mol. The molecule has 1 aromatic rings. The normalized spacial score (nSPS) is 25.6. The van der Waals surface area contributed by atoms with Gasteiger partial charge in [-0.25, -0.2) is 0 Å². The van der Waals surface area contributed by atoms with E-state index in [1.165, 1.54) is 12.8 Å². The molecular formula is C19H26BNO3. The van der Waals surface area contributed by atoms with E-state index in [9.17, 15) is 4.79 Å². The van der Waals surface area contributed by atoms with Crippen molar-refractivity contribution >= 4 is 18.5 Å². The number of hydrogen-bond donors (Lipinski definition) is 0. The van der Waals surface area contributed by atoms with Gasteiger partial charge in [-0.1, -0.05) is 25.0 Å². The van der Waals surface area contributed by atoms with Gasteiger partial charge in [0.25, 0.3) is 5.91 Å². The smallest absolute Gasteiger partial charge is 0.399 e. The van der Waals surface area contributed by atoms with Crippen LogP contribution in [0.5, 0.6) is 0 Å². The van der Waals surface area contributed by atoms with Crippen LogP contribution in [0.3, 0.4) is 0 Å². The summed E-state index contributed by atoms with van der Waals surface area (Å²) in [6, 6.07) is 6.46. The zero-order valence-corrected chi connectivity index (χ0v) is 15.1. The molecule has 2 aliphatic heterocycles. The molecule has 5 heteroatoms. The molecule has 3 aliphatic rings. The lowest BCUT2D eigenvalue weighted by Gasteiger charge is -2.32. The van der Waals surface area contributed by atoms with Gasteiger partial charge in [-0.3, -0.25) is 4.79 Å². The first kappa shape index (κ1) is 16.2. The van der Waals surface area contributed by atoms with E-state index in [-0.39, 0.29) is 24.2 Å². The van der Waals surface area contributed by atoms with Crippen LogP contribution in [0.4, 0.5) is 0 Å². The van der Waals surface area contributed by atoms with Crippen LogP contribution in [-0.4, -0.2) is 35.2 Å². The van der Waals surface area contributed by atoms with Crippen LogP contribution in [0.1, 0.15) is 69.3 Å². The van der Waals surface area contributed by atoms with Crippen LogP contribution >= 0.6 is 0 Å². The molecule has 0 unspecified atom stereocenters. The number of benzene rings is 1. The highest BCUT2D eigenvalue weighted by molar-refractivity contribution is 6.62. The molecule has 2 fully saturated rings. The van der Waals surface area contributed by atoms with Gasteiger partial charge in [0.05, 0.1) is 11.2 Å². The first-order valence-electron chi connectivity index (χ1n) is 9.08. The van der Waals surface area contributed by atoms with Gasteiger partial charge in [-0.05, 0) is 57.6 Å². The molecule has 128 valence electrons. The summed E-state index contributed by atoms with van der Waals surface area (Å²) in [4.78, 5) is 14.7. The molecule has 4 rings (SSSR count). The SMILES string of the molecule is CC1(C)OB(c2ccc3c(c2)CN(C2CCCC2)C3=O)OC1(C)C. The van der Waals surface area contributed by atoms with Gasteiger partial charge in [0, 0.05) is 18.2 Å². The maximum absolute atomic E-state index is 12.7. The third-order valence-corrected chi connectivity index (χ3v) is 6.25. The molecule has 1 aromatic carbocycles. The minimum atomic E-state index is -0.365. The number of fused-ring (bicyclic) bond motifs is 1. The molecular weight excluding hydrogens is 301 g/mol. The summed E-state index contributed by atoms with van der Waals surface area (Å²) in [7, 11) is -0.365. The first-order valence-corrected chi connectivity index (χ1v) is 9.08. The predicted octanol–water partition coefficient (Wildman–Crippen LogP) is 2.88. The first-order chi connectivity index (χ1) is 11.3. The van der Waals surface area contributed by atoms with Crippen molar-refractivity contribution in [2.75, 3.05) is 0 Å². The van der Waals surface area contributed by atoms with E-state index in [1.54, 1.807) is 0 Å². The average Bonchev–Trinajstić information content (AvgIpc) is 3.18. The minimum absolute atomic E-state index is 0.192. The van der Waals surface area contributed by atoms with Crippen LogP contribution in [0.25, 0.3) is 0 Å². The topological polar surface area (TPSA) is 38.8 Å². The minimum Gasteiger partial charge on any atom is -0.399 e. The molecule has 1 saturated carbocycles. The zero-order valence-electron chi connectivity index (χ0n) is 15.1. The van der Waals surface area contributed by atoms with Crippen molar-refractivity contribution < 1.29 is 14.1 Å². The van der Waals surface area contributed by atoms with E-state index < -0.39 is 0 Å². The number of carbonyl (C=O) groups is 1. The van der Waals surface area contributed by atoms with Crippen LogP contribution in [0.2, 0.25) is 0 Å². The van der Waals surface area contributed by atoms with E-state index in [1.807, 2.05) is 12.1 Å². The molecule has 0 aromatic heterocycles. The molecule has 1 saturated heterocycles. The Balaban J connectivity index is 1.58. The summed E-state index contributed by atoms with van der Waals surface area (Å²) < 4.78 is 12.3. The van der Waals surface area contributed by atoms with Gasteiger partial charge in [-0.2, -0.15) is 0 Å². The number of rotatable bonds is 2.